The molecular weight excluding hydrogens is 256 g/mol. The van der Waals surface area contributed by atoms with Crippen LogP contribution >= 0.6 is 0 Å². The van der Waals surface area contributed by atoms with Crippen LogP contribution in [0.25, 0.3) is 0 Å². The van der Waals surface area contributed by atoms with Gasteiger partial charge in [0.05, 0.1) is 6.61 Å². The molecule has 0 saturated heterocycles. The van der Waals surface area contributed by atoms with Crippen molar-refractivity contribution in [2.45, 2.75) is 38.8 Å². The predicted molar refractivity (Wildman–Crippen MR) is 82.8 cm³/mol. The Hall–Kier alpha value is -0.990. The van der Waals surface area contributed by atoms with E-state index in [1.807, 2.05) is 15.7 Å². The molecule has 0 atom stereocenters. The van der Waals surface area contributed by atoms with Gasteiger partial charge in [-0.25, -0.2) is 8.78 Å². The zero-order valence-corrected chi connectivity index (χ0v) is 13.0. The van der Waals surface area contributed by atoms with Crippen molar-refractivity contribution in [3.63, 3.8) is 0 Å². The molecule has 5 heteroatoms. The Bertz CT molecular complexity index is 505. The number of halogens is 2. The van der Waals surface area contributed by atoms with Crippen molar-refractivity contribution < 1.29 is 13.5 Å². The maximum Gasteiger partial charge on any atom is 0.168 e. The second-order valence-electron chi connectivity index (χ2n) is 7.39. The zero-order valence-electron chi connectivity index (χ0n) is 13.0. The summed E-state index contributed by atoms with van der Waals surface area (Å²) in [5.74, 6) is -0.394. The molecule has 0 unspecified atom stereocenters. The van der Waals surface area contributed by atoms with Gasteiger partial charge in [0.25, 0.3) is 0 Å². The lowest BCUT2D eigenvalue weighted by Crippen LogP contribution is -2.41. The van der Waals surface area contributed by atoms with E-state index < -0.39 is 16.8 Å². The van der Waals surface area contributed by atoms with Gasteiger partial charge in [0.15, 0.2) is 11.6 Å². The number of ether oxygens (including phenoxy) is 1. The summed E-state index contributed by atoms with van der Waals surface area (Å²) in [5.41, 5.74) is 0.480. The predicted octanol–water partition coefficient (Wildman–Crippen LogP) is 2.22. The first-order valence-electron chi connectivity index (χ1n) is 7.25. The van der Waals surface area contributed by atoms with E-state index in [0.29, 0.717) is 18.1 Å². The molecule has 108 valence electrons. The molecule has 1 nitrogen and oxygen atoms in total. The van der Waals surface area contributed by atoms with Crippen LogP contribution in [-0.4, -0.2) is 22.3 Å². The number of rotatable bonds is 4. The van der Waals surface area contributed by atoms with Crippen molar-refractivity contribution >= 4 is 15.7 Å². The van der Waals surface area contributed by atoms with Crippen molar-refractivity contribution in [2.24, 2.45) is 11.3 Å². The summed E-state index contributed by atoms with van der Waals surface area (Å²) in [6.07, 6.45) is 2.28. The Balaban J connectivity index is 2.43. The van der Waals surface area contributed by atoms with Gasteiger partial charge >= 0.3 is 0 Å². The molecule has 0 bridgehead atoms. The molecule has 0 aliphatic heterocycles. The molecule has 1 aromatic carbocycles. The normalized spacial score (nSPS) is 16.2. The molecule has 1 aromatic rings. The van der Waals surface area contributed by atoms with E-state index in [1.165, 1.54) is 6.07 Å². The first-order valence-corrected chi connectivity index (χ1v) is 7.25. The van der Waals surface area contributed by atoms with Crippen molar-refractivity contribution in [3.8, 4) is 5.75 Å². The van der Waals surface area contributed by atoms with E-state index in [4.69, 9.17) is 4.74 Å². The second-order valence-corrected chi connectivity index (χ2v) is 7.39. The quantitative estimate of drug-likeness (QED) is 0.767. The lowest BCUT2D eigenvalue weighted by molar-refractivity contribution is 0.270. The summed E-state index contributed by atoms with van der Waals surface area (Å²) in [4.78, 5) is 0. The average molecular weight is 278 g/mol. The van der Waals surface area contributed by atoms with Gasteiger partial charge in [-0.3, -0.25) is 0 Å². The number of benzene rings is 1. The van der Waals surface area contributed by atoms with Crippen LogP contribution in [0, 0.1) is 23.0 Å². The molecular formula is C15H22B2F2O. The maximum atomic E-state index is 14.1. The Morgan fingerprint density at radius 2 is 1.80 bits per heavy atom. The standard InChI is InChI=1S/C15H22B2F2O/c1-14(2,3)15(16,17)11-6-10(18)7-12(19)13(11)20-8-9-4-5-9/h6-7,9H,4-5,8,16-17H2,1-3H3. The number of hydrogen-bond acceptors (Lipinski definition) is 1. The maximum absolute atomic E-state index is 14.1. The van der Waals surface area contributed by atoms with Gasteiger partial charge in [0.2, 0.25) is 0 Å². The molecule has 0 heterocycles. The summed E-state index contributed by atoms with van der Waals surface area (Å²) in [5, 5.41) is -0.394. The van der Waals surface area contributed by atoms with E-state index in [2.05, 4.69) is 20.8 Å². The third-order valence-corrected chi connectivity index (χ3v) is 4.72. The highest BCUT2D eigenvalue weighted by Crippen LogP contribution is 2.42. The van der Waals surface area contributed by atoms with E-state index in [1.54, 1.807) is 0 Å². The summed E-state index contributed by atoms with van der Waals surface area (Å²) in [7, 11) is 4.01. The van der Waals surface area contributed by atoms with Crippen molar-refractivity contribution in [1.29, 1.82) is 0 Å². The zero-order chi connectivity index (χ0) is 15.1. The fourth-order valence-corrected chi connectivity index (χ4v) is 2.06. The minimum atomic E-state index is -0.599. The van der Waals surface area contributed by atoms with Crippen molar-refractivity contribution in [2.75, 3.05) is 6.61 Å². The Labute approximate surface area is 121 Å². The molecule has 2 rings (SSSR count). The highest BCUT2D eigenvalue weighted by atomic mass is 19.1. The van der Waals surface area contributed by atoms with Crippen LogP contribution < -0.4 is 4.74 Å². The molecule has 1 fully saturated rings. The lowest BCUT2D eigenvalue weighted by Gasteiger charge is -2.40. The van der Waals surface area contributed by atoms with Crippen LogP contribution in [0.3, 0.4) is 0 Å². The van der Waals surface area contributed by atoms with Crippen LogP contribution in [0.15, 0.2) is 12.1 Å². The van der Waals surface area contributed by atoms with Gasteiger partial charge < -0.3 is 4.74 Å². The summed E-state index contributed by atoms with van der Waals surface area (Å²) < 4.78 is 33.5. The molecule has 0 radical (unpaired) electrons. The van der Waals surface area contributed by atoms with Gasteiger partial charge in [-0.15, -0.1) is 0 Å². The highest BCUT2D eigenvalue weighted by Gasteiger charge is 2.38. The van der Waals surface area contributed by atoms with Crippen LogP contribution in [0.4, 0.5) is 8.78 Å². The summed E-state index contributed by atoms with van der Waals surface area (Å²) >= 11 is 0. The third kappa shape index (κ3) is 3.02. The van der Waals surface area contributed by atoms with E-state index in [9.17, 15) is 8.78 Å². The summed E-state index contributed by atoms with van der Waals surface area (Å²) in [6, 6.07) is 2.32. The van der Waals surface area contributed by atoms with Gasteiger partial charge in [-0.1, -0.05) is 26.0 Å². The van der Waals surface area contributed by atoms with Crippen LogP contribution in [0.2, 0.25) is 0 Å². The minimum absolute atomic E-state index is 0.134. The highest BCUT2D eigenvalue weighted by molar-refractivity contribution is 6.40. The van der Waals surface area contributed by atoms with Crippen molar-refractivity contribution in [3.05, 3.63) is 29.3 Å². The molecule has 1 aliphatic rings. The average Bonchev–Trinajstić information content (AvgIpc) is 3.09. The molecule has 0 aromatic heterocycles. The molecule has 20 heavy (non-hydrogen) atoms. The first-order chi connectivity index (χ1) is 9.13. The van der Waals surface area contributed by atoms with E-state index in [0.717, 1.165) is 18.9 Å². The van der Waals surface area contributed by atoms with Crippen LogP contribution in [0.1, 0.15) is 39.2 Å². The lowest BCUT2D eigenvalue weighted by atomic mass is 9.41. The molecule has 1 saturated carbocycles. The Morgan fingerprint density at radius 3 is 2.30 bits per heavy atom. The molecule has 0 N–H and O–H groups in total. The SMILES string of the molecule is BC(B)(c1cc(F)cc(F)c1OCC1CC1)C(C)(C)C. The topological polar surface area (TPSA) is 9.23 Å². The van der Waals surface area contributed by atoms with Gasteiger partial charge in [0.1, 0.15) is 21.5 Å². The van der Waals surface area contributed by atoms with E-state index >= 15 is 0 Å². The molecule has 1 aliphatic carbocycles. The minimum Gasteiger partial charge on any atom is -0.490 e. The van der Waals surface area contributed by atoms with E-state index in [-0.39, 0.29) is 11.2 Å². The third-order valence-electron chi connectivity index (χ3n) is 4.72. The molecule has 0 spiro atoms. The number of hydrogen-bond donors (Lipinski definition) is 0. The first kappa shape index (κ1) is 15.4. The molecule has 0 amide bonds. The monoisotopic (exact) mass is 278 g/mol. The van der Waals surface area contributed by atoms with Crippen molar-refractivity contribution in [1.82, 2.24) is 0 Å². The van der Waals surface area contributed by atoms with Gasteiger partial charge in [-0.05, 0) is 35.8 Å². The smallest absolute Gasteiger partial charge is 0.168 e. The summed E-state index contributed by atoms with van der Waals surface area (Å²) in [6.45, 7) is 6.73. The Kier molecular flexibility index (Phi) is 3.92. The largest absolute Gasteiger partial charge is 0.490 e. The second kappa shape index (κ2) is 5.09. The van der Waals surface area contributed by atoms with Crippen LogP contribution in [0.5, 0.6) is 5.75 Å². The van der Waals surface area contributed by atoms with Crippen LogP contribution in [-0.2, 0) is 5.21 Å². The fraction of sp³-hybridized carbons (Fsp3) is 0.600. The van der Waals surface area contributed by atoms with Gasteiger partial charge in [0, 0.05) is 6.07 Å². The Morgan fingerprint density at radius 1 is 1.20 bits per heavy atom. The fourth-order valence-electron chi connectivity index (χ4n) is 2.06. The van der Waals surface area contributed by atoms with Gasteiger partial charge in [-0.2, -0.15) is 0 Å².